The summed E-state index contributed by atoms with van der Waals surface area (Å²) in [5, 5.41) is 8.41. The lowest BCUT2D eigenvalue weighted by atomic mass is 10.1. The number of anilines is 1. The van der Waals surface area contributed by atoms with E-state index in [1.54, 1.807) is 18.2 Å². The number of benzene rings is 2. The number of amides is 1. The molecule has 30 heavy (non-hydrogen) atoms. The molecule has 7 heteroatoms. The van der Waals surface area contributed by atoms with Crippen molar-refractivity contribution in [1.82, 2.24) is 15.1 Å². The van der Waals surface area contributed by atoms with Crippen molar-refractivity contribution in [3.63, 3.8) is 0 Å². The Hall–Kier alpha value is -3.19. The summed E-state index contributed by atoms with van der Waals surface area (Å²) in [6, 6.07) is 15.1. The zero-order valence-electron chi connectivity index (χ0n) is 17.3. The predicted molar refractivity (Wildman–Crippen MR) is 117 cm³/mol. The second-order valence-corrected chi connectivity index (χ2v) is 7.40. The summed E-state index contributed by atoms with van der Waals surface area (Å²) in [6.07, 6.45) is 0. The van der Waals surface area contributed by atoms with Crippen molar-refractivity contribution in [3.05, 3.63) is 70.1 Å². The number of fused-ring (bicyclic) bond motifs is 1. The van der Waals surface area contributed by atoms with E-state index in [0.717, 1.165) is 37.6 Å². The maximum atomic E-state index is 13.0. The molecule has 1 aliphatic rings. The van der Waals surface area contributed by atoms with Crippen molar-refractivity contribution in [2.45, 2.75) is 26.4 Å². The summed E-state index contributed by atoms with van der Waals surface area (Å²) < 4.78 is 6.74. The fourth-order valence-electron chi connectivity index (χ4n) is 3.76. The van der Waals surface area contributed by atoms with Crippen molar-refractivity contribution < 1.29 is 9.53 Å². The van der Waals surface area contributed by atoms with Gasteiger partial charge in [0, 0.05) is 30.7 Å². The maximum Gasteiger partial charge on any atom is 0.274 e. The van der Waals surface area contributed by atoms with Gasteiger partial charge in [0.25, 0.3) is 11.5 Å². The van der Waals surface area contributed by atoms with Gasteiger partial charge in [-0.3, -0.25) is 9.59 Å². The summed E-state index contributed by atoms with van der Waals surface area (Å²) >= 11 is 0. The van der Waals surface area contributed by atoms with E-state index in [1.165, 1.54) is 4.68 Å². The van der Waals surface area contributed by atoms with Gasteiger partial charge in [0.1, 0.15) is 0 Å². The van der Waals surface area contributed by atoms with E-state index >= 15 is 0 Å². The number of aryl methyl sites for hydroxylation is 1. The third-order valence-corrected chi connectivity index (χ3v) is 5.50. The van der Waals surface area contributed by atoms with Crippen LogP contribution in [0.15, 0.2) is 53.3 Å². The van der Waals surface area contributed by atoms with E-state index in [4.69, 9.17) is 4.74 Å². The first kappa shape index (κ1) is 20.1. The highest BCUT2D eigenvalue weighted by Crippen LogP contribution is 2.21. The van der Waals surface area contributed by atoms with Gasteiger partial charge in [-0.25, -0.2) is 4.68 Å². The van der Waals surface area contributed by atoms with Crippen LogP contribution in [0.2, 0.25) is 0 Å². The minimum Gasteiger partial charge on any atom is -0.378 e. The van der Waals surface area contributed by atoms with Crippen LogP contribution in [0.4, 0.5) is 5.69 Å². The highest BCUT2D eigenvalue weighted by molar-refractivity contribution is 6.04. The number of carbonyl (C=O) groups is 1. The third kappa shape index (κ3) is 3.93. The van der Waals surface area contributed by atoms with Gasteiger partial charge in [-0.05, 0) is 37.6 Å². The fourth-order valence-corrected chi connectivity index (χ4v) is 3.76. The van der Waals surface area contributed by atoms with Gasteiger partial charge in [0.05, 0.1) is 24.6 Å². The predicted octanol–water partition coefficient (Wildman–Crippen LogP) is 2.74. The SMILES string of the molecule is CCn1nc(C(=O)NC(C)c2ccc(N3CCOCC3)cc2)c2ccccc2c1=O. The minimum absolute atomic E-state index is 0.184. The van der Waals surface area contributed by atoms with Gasteiger partial charge in [0.2, 0.25) is 0 Å². The van der Waals surface area contributed by atoms with Crippen LogP contribution in [0, 0.1) is 0 Å². The molecule has 2 aromatic carbocycles. The Kier molecular flexibility index (Phi) is 5.81. The zero-order valence-corrected chi connectivity index (χ0v) is 17.3. The molecule has 1 unspecified atom stereocenters. The van der Waals surface area contributed by atoms with Crippen LogP contribution >= 0.6 is 0 Å². The number of ether oxygens (including phenoxy) is 1. The van der Waals surface area contributed by atoms with Crippen LogP contribution in [0.3, 0.4) is 0 Å². The molecule has 1 atom stereocenters. The number of hydrogen-bond acceptors (Lipinski definition) is 5. The molecule has 2 heterocycles. The van der Waals surface area contributed by atoms with E-state index in [2.05, 4.69) is 27.4 Å². The molecule has 1 aromatic heterocycles. The molecular formula is C23H26N4O3. The lowest BCUT2D eigenvalue weighted by Crippen LogP contribution is -2.36. The first-order valence-electron chi connectivity index (χ1n) is 10.3. The van der Waals surface area contributed by atoms with Crippen molar-refractivity contribution in [1.29, 1.82) is 0 Å². The van der Waals surface area contributed by atoms with Crippen molar-refractivity contribution in [2.75, 3.05) is 31.2 Å². The molecule has 1 amide bonds. The Morgan fingerprint density at radius 2 is 1.77 bits per heavy atom. The van der Waals surface area contributed by atoms with E-state index < -0.39 is 0 Å². The molecule has 0 aliphatic carbocycles. The second-order valence-electron chi connectivity index (χ2n) is 7.40. The Bertz CT molecular complexity index is 1100. The van der Waals surface area contributed by atoms with Crippen molar-refractivity contribution >= 4 is 22.4 Å². The third-order valence-electron chi connectivity index (χ3n) is 5.50. The molecule has 0 spiro atoms. The standard InChI is InChI=1S/C23H26N4O3/c1-3-27-23(29)20-7-5-4-6-19(20)21(25-27)22(28)24-16(2)17-8-10-18(11-9-17)26-12-14-30-15-13-26/h4-11,16H,3,12-15H2,1-2H3,(H,24,28). The number of morpholine rings is 1. The first-order chi connectivity index (χ1) is 14.6. The van der Waals surface area contributed by atoms with Crippen molar-refractivity contribution in [2.24, 2.45) is 0 Å². The van der Waals surface area contributed by atoms with Crippen LogP contribution in [0.5, 0.6) is 0 Å². The molecule has 1 saturated heterocycles. The number of rotatable bonds is 5. The van der Waals surface area contributed by atoms with Gasteiger partial charge in [-0.2, -0.15) is 5.10 Å². The Balaban J connectivity index is 1.55. The van der Waals surface area contributed by atoms with Gasteiger partial charge < -0.3 is 15.0 Å². The first-order valence-corrected chi connectivity index (χ1v) is 10.3. The molecule has 4 rings (SSSR count). The summed E-state index contributed by atoms with van der Waals surface area (Å²) in [5.74, 6) is -0.293. The molecule has 3 aromatic rings. The van der Waals surface area contributed by atoms with E-state index in [9.17, 15) is 9.59 Å². The van der Waals surface area contributed by atoms with Crippen molar-refractivity contribution in [3.8, 4) is 0 Å². The second kappa shape index (κ2) is 8.67. The molecule has 0 bridgehead atoms. The lowest BCUT2D eigenvalue weighted by molar-refractivity contribution is 0.0934. The molecule has 1 N–H and O–H groups in total. The Labute approximate surface area is 175 Å². The topological polar surface area (TPSA) is 76.5 Å². The largest absolute Gasteiger partial charge is 0.378 e. The molecule has 1 aliphatic heterocycles. The number of nitrogens with zero attached hydrogens (tertiary/aromatic N) is 3. The van der Waals surface area contributed by atoms with Crippen LogP contribution in [0.1, 0.15) is 35.9 Å². The average molecular weight is 406 g/mol. The highest BCUT2D eigenvalue weighted by Gasteiger charge is 2.19. The fraction of sp³-hybridized carbons (Fsp3) is 0.348. The minimum atomic E-state index is -0.293. The summed E-state index contributed by atoms with van der Waals surface area (Å²) in [5.41, 5.74) is 2.25. The average Bonchev–Trinajstić information content (AvgIpc) is 2.80. The van der Waals surface area contributed by atoms with Crippen LogP contribution in [0.25, 0.3) is 10.8 Å². The van der Waals surface area contributed by atoms with Gasteiger partial charge in [-0.15, -0.1) is 0 Å². The quantitative estimate of drug-likeness (QED) is 0.705. The molecule has 1 fully saturated rings. The van der Waals surface area contributed by atoms with E-state index in [0.29, 0.717) is 17.3 Å². The maximum absolute atomic E-state index is 13.0. The Morgan fingerprint density at radius 3 is 2.43 bits per heavy atom. The van der Waals surface area contributed by atoms with Gasteiger partial charge in [0.15, 0.2) is 5.69 Å². The van der Waals surface area contributed by atoms with E-state index in [1.807, 2.05) is 32.0 Å². The van der Waals surface area contributed by atoms with E-state index in [-0.39, 0.29) is 23.2 Å². The molecule has 0 radical (unpaired) electrons. The lowest BCUT2D eigenvalue weighted by Gasteiger charge is -2.29. The molecular weight excluding hydrogens is 380 g/mol. The summed E-state index contributed by atoms with van der Waals surface area (Å²) in [4.78, 5) is 27.8. The van der Waals surface area contributed by atoms with Gasteiger partial charge in [-0.1, -0.05) is 30.3 Å². The van der Waals surface area contributed by atoms with Gasteiger partial charge >= 0.3 is 0 Å². The smallest absolute Gasteiger partial charge is 0.274 e. The number of carbonyl (C=O) groups excluding carboxylic acids is 1. The number of hydrogen-bond donors (Lipinski definition) is 1. The van der Waals surface area contributed by atoms with Crippen LogP contribution in [-0.2, 0) is 11.3 Å². The number of nitrogens with one attached hydrogen (secondary N) is 1. The zero-order chi connectivity index (χ0) is 21.1. The monoisotopic (exact) mass is 406 g/mol. The summed E-state index contributed by atoms with van der Waals surface area (Å²) in [6.45, 7) is 7.45. The van der Waals surface area contributed by atoms with Crippen LogP contribution < -0.4 is 15.8 Å². The highest BCUT2D eigenvalue weighted by atomic mass is 16.5. The summed E-state index contributed by atoms with van der Waals surface area (Å²) in [7, 11) is 0. The molecule has 0 saturated carbocycles. The Morgan fingerprint density at radius 1 is 1.10 bits per heavy atom. The number of aromatic nitrogens is 2. The molecule has 7 nitrogen and oxygen atoms in total. The normalized spacial score (nSPS) is 15.2. The van der Waals surface area contributed by atoms with Crippen LogP contribution in [-0.4, -0.2) is 42.0 Å². The molecule has 156 valence electrons.